The fourth-order valence-electron chi connectivity index (χ4n) is 2.67. The van der Waals surface area contributed by atoms with Gasteiger partial charge >= 0.3 is 0 Å². The minimum absolute atomic E-state index is 0.229. The summed E-state index contributed by atoms with van der Waals surface area (Å²) >= 11 is 0. The number of hydrogen-bond donors (Lipinski definition) is 0. The fraction of sp³-hybridized carbons (Fsp3) is 0.875. The number of carbonyl (C=O) groups excluding carboxylic acids is 2. The first kappa shape index (κ1) is 18.0. The van der Waals surface area contributed by atoms with E-state index >= 15 is 0 Å². The van der Waals surface area contributed by atoms with Crippen LogP contribution in [0.25, 0.3) is 0 Å². The monoisotopic (exact) mass is 297 g/mol. The Bertz CT molecular complexity index is 349. The minimum atomic E-state index is 0.229. The second kappa shape index (κ2) is 8.37. The molecule has 0 unspecified atom stereocenters. The molecule has 0 N–H and O–H groups in total. The molecule has 0 aliphatic carbocycles. The average molecular weight is 297 g/mol. The maximum atomic E-state index is 11.3. The van der Waals surface area contributed by atoms with Crippen LogP contribution in [0.3, 0.4) is 0 Å². The SMILES string of the molecule is CC(=O)N1CCC(C)CC1.CC(C)N1CCN(C)CC1=O. The molecule has 2 heterocycles. The van der Waals surface area contributed by atoms with E-state index < -0.39 is 0 Å². The number of rotatable bonds is 1. The van der Waals surface area contributed by atoms with E-state index in [1.54, 1.807) is 6.92 Å². The molecule has 0 saturated carbocycles. The van der Waals surface area contributed by atoms with Crippen LogP contribution in [0.1, 0.15) is 40.5 Å². The van der Waals surface area contributed by atoms with Gasteiger partial charge in [-0.3, -0.25) is 14.5 Å². The summed E-state index contributed by atoms with van der Waals surface area (Å²) in [6.45, 7) is 12.4. The molecule has 2 rings (SSSR count). The van der Waals surface area contributed by atoms with Gasteiger partial charge in [-0.25, -0.2) is 0 Å². The van der Waals surface area contributed by atoms with E-state index in [0.29, 0.717) is 12.6 Å². The zero-order chi connectivity index (χ0) is 16.0. The van der Waals surface area contributed by atoms with Crippen LogP contribution in [-0.2, 0) is 9.59 Å². The standard InChI is InChI=1S/C8H16N2O.C8H15NO/c1-7(2)10-5-4-9(3)6-8(10)11;1-7-3-5-9(6-4-7)8(2)10/h7H,4-6H2,1-3H3;7H,3-6H2,1-2H3. The minimum Gasteiger partial charge on any atom is -0.343 e. The van der Waals surface area contributed by atoms with Crippen molar-refractivity contribution in [2.24, 2.45) is 5.92 Å². The van der Waals surface area contributed by atoms with Gasteiger partial charge in [0, 0.05) is 39.1 Å². The molecule has 2 aliphatic heterocycles. The summed E-state index contributed by atoms with van der Waals surface area (Å²) in [6, 6.07) is 0.358. The van der Waals surface area contributed by atoms with Gasteiger partial charge in [0.05, 0.1) is 6.54 Å². The highest BCUT2D eigenvalue weighted by Gasteiger charge is 2.22. The molecule has 0 bridgehead atoms. The first-order valence-electron chi connectivity index (χ1n) is 8.04. The third-order valence-corrected chi connectivity index (χ3v) is 4.30. The van der Waals surface area contributed by atoms with E-state index in [-0.39, 0.29) is 11.8 Å². The van der Waals surface area contributed by atoms with E-state index in [1.165, 1.54) is 12.8 Å². The molecule has 0 radical (unpaired) electrons. The first-order valence-corrected chi connectivity index (χ1v) is 8.04. The zero-order valence-electron chi connectivity index (χ0n) is 14.3. The van der Waals surface area contributed by atoms with Crippen LogP contribution in [0.4, 0.5) is 0 Å². The van der Waals surface area contributed by atoms with E-state index in [2.05, 4.69) is 25.7 Å². The summed E-state index contributed by atoms with van der Waals surface area (Å²) in [7, 11) is 1.98. The molecule has 21 heavy (non-hydrogen) atoms. The number of likely N-dealkylation sites (N-methyl/N-ethyl adjacent to an activating group) is 1. The number of piperidine rings is 1. The number of piperazine rings is 1. The average Bonchev–Trinajstić information content (AvgIpc) is 2.39. The lowest BCUT2D eigenvalue weighted by Crippen LogP contribution is -2.51. The summed E-state index contributed by atoms with van der Waals surface area (Å²) in [5.74, 6) is 1.30. The molecular weight excluding hydrogens is 266 g/mol. The van der Waals surface area contributed by atoms with Crippen LogP contribution in [-0.4, -0.2) is 72.3 Å². The second-order valence-corrected chi connectivity index (χ2v) is 6.61. The van der Waals surface area contributed by atoms with Crippen LogP contribution in [0.15, 0.2) is 0 Å². The highest BCUT2D eigenvalue weighted by Crippen LogP contribution is 2.15. The maximum absolute atomic E-state index is 11.3. The Kier molecular flexibility index (Phi) is 7.15. The predicted molar refractivity (Wildman–Crippen MR) is 85.0 cm³/mol. The van der Waals surface area contributed by atoms with Crippen LogP contribution in [0.2, 0.25) is 0 Å². The quantitative estimate of drug-likeness (QED) is 0.735. The van der Waals surface area contributed by atoms with Crippen molar-refractivity contribution >= 4 is 11.8 Å². The Morgan fingerprint density at radius 2 is 1.71 bits per heavy atom. The Labute approximate surface area is 129 Å². The Morgan fingerprint density at radius 1 is 1.14 bits per heavy atom. The summed E-state index contributed by atoms with van der Waals surface area (Å²) in [6.07, 6.45) is 2.36. The van der Waals surface area contributed by atoms with Crippen molar-refractivity contribution in [3.63, 3.8) is 0 Å². The Morgan fingerprint density at radius 3 is 2.14 bits per heavy atom. The fourth-order valence-corrected chi connectivity index (χ4v) is 2.67. The van der Waals surface area contributed by atoms with Crippen molar-refractivity contribution in [3.8, 4) is 0 Å². The van der Waals surface area contributed by atoms with Crippen molar-refractivity contribution in [2.75, 3.05) is 39.8 Å². The normalized spacial score (nSPS) is 21.3. The Balaban J connectivity index is 0.000000211. The van der Waals surface area contributed by atoms with Crippen molar-refractivity contribution in [1.29, 1.82) is 0 Å². The number of nitrogens with zero attached hydrogens (tertiary/aromatic N) is 3. The lowest BCUT2D eigenvalue weighted by atomic mass is 9.99. The number of carbonyl (C=O) groups is 2. The largest absolute Gasteiger partial charge is 0.343 e. The van der Waals surface area contributed by atoms with Crippen molar-refractivity contribution < 1.29 is 9.59 Å². The Hall–Kier alpha value is -1.10. The van der Waals surface area contributed by atoms with Crippen molar-refractivity contribution in [2.45, 2.75) is 46.6 Å². The smallest absolute Gasteiger partial charge is 0.237 e. The van der Waals surface area contributed by atoms with Crippen LogP contribution < -0.4 is 0 Å². The molecular formula is C16H31N3O2. The molecule has 2 aliphatic rings. The molecule has 2 amide bonds. The molecule has 0 spiro atoms. The van der Waals surface area contributed by atoms with E-state index in [1.807, 2.05) is 16.8 Å². The van der Waals surface area contributed by atoms with Gasteiger partial charge in [0.25, 0.3) is 0 Å². The van der Waals surface area contributed by atoms with Crippen molar-refractivity contribution in [3.05, 3.63) is 0 Å². The van der Waals surface area contributed by atoms with Gasteiger partial charge in [0.2, 0.25) is 11.8 Å². The lowest BCUT2D eigenvalue weighted by molar-refractivity contribution is -0.137. The van der Waals surface area contributed by atoms with E-state index in [0.717, 1.165) is 32.1 Å². The van der Waals surface area contributed by atoms with E-state index in [9.17, 15) is 9.59 Å². The summed E-state index contributed by atoms with van der Waals surface area (Å²) < 4.78 is 0. The number of amides is 2. The second-order valence-electron chi connectivity index (χ2n) is 6.61. The highest BCUT2D eigenvalue weighted by atomic mass is 16.2. The van der Waals surface area contributed by atoms with Gasteiger partial charge in [-0.05, 0) is 39.7 Å². The maximum Gasteiger partial charge on any atom is 0.237 e. The number of likely N-dealkylation sites (tertiary alicyclic amines) is 1. The van der Waals surface area contributed by atoms with Gasteiger partial charge in [0.15, 0.2) is 0 Å². The van der Waals surface area contributed by atoms with Gasteiger partial charge < -0.3 is 9.80 Å². The molecule has 5 nitrogen and oxygen atoms in total. The molecule has 5 heteroatoms. The first-order chi connectivity index (χ1) is 9.81. The summed E-state index contributed by atoms with van der Waals surface area (Å²) in [4.78, 5) is 28.1. The van der Waals surface area contributed by atoms with Gasteiger partial charge in [-0.15, -0.1) is 0 Å². The number of hydrogen-bond acceptors (Lipinski definition) is 3. The van der Waals surface area contributed by atoms with Crippen LogP contribution in [0.5, 0.6) is 0 Å². The topological polar surface area (TPSA) is 43.9 Å². The molecule has 2 fully saturated rings. The molecule has 122 valence electrons. The molecule has 0 aromatic carbocycles. The summed E-state index contributed by atoms with van der Waals surface area (Å²) in [5.41, 5.74) is 0. The van der Waals surface area contributed by atoms with Gasteiger partial charge in [0.1, 0.15) is 0 Å². The van der Waals surface area contributed by atoms with E-state index in [4.69, 9.17) is 0 Å². The molecule has 0 aromatic heterocycles. The molecule has 0 atom stereocenters. The summed E-state index contributed by atoms with van der Waals surface area (Å²) in [5, 5.41) is 0. The van der Waals surface area contributed by atoms with Gasteiger partial charge in [-0.1, -0.05) is 6.92 Å². The molecule has 0 aromatic rings. The zero-order valence-corrected chi connectivity index (χ0v) is 14.3. The van der Waals surface area contributed by atoms with Crippen molar-refractivity contribution in [1.82, 2.24) is 14.7 Å². The van der Waals surface area contributed by atoms with Crippen LogP contribution in [0, 0.1) is 5.92 Å². The predicted octanol–water partition coefficient (Wildman–Crippen LogP) is 1.43. The lowest BCUT2D eigenvalue weighted by Gasteiger charge is -2.34. The van der Waals surface area contributed by atoms with Crippen LogP contribution >= 0.6 is 0 Å². The third kappa shape index (κ3) is 6.04. The third-order valence-electron chi connectivity index (χ3n) is 4.30. The van der Waals surface area contributed by atoms with Gasteiger partial charge in [-0.2, -0.15) is 0 Å². The molecule has 2 saturated heterocycles. The highest BCUT2D eigenvalue weighted by molar-refractivity contribution is 5.79.